The van der Waals surface area contributed by atoms with Gasteiger partial charge in [0.2, 0.25) is 5.88 Å². The molecule has 0 aliphatic carbocycles. The summed E-state index contributed by atoms with van der Waals surface area (Å²) in [6, 6.07) is 8.03. The predicted molar refractivity (Wildman–Crippen MR) is 145 cm³/mol. The van der Waals surface area contributed by atoms with Crippen LogP contribution in [0.25, 0.3) is 0 Å². The zero-order valence-corrected chi connectivity index (χ0v) is 22.9. The van der Waals surface area contributed by atoms with Crippen LogP contribution in [0.1, 0.15) is 29.8 Å². The normalized spacial score (nSPS) is 17.8. The summed E-state index contributed by atoms with van der Waals surface area (Å²) in [4.78, 5) is 36.0. The molecule has 3 amide bonds. The summed E-state index contributed by atoms with van der Waals surface area (Å²) in [6.07, 6.45) is 1.12. The average molecular weight is 524 g/mol. The SMILES string of the molecule is COc1ccc(NC(=O)N(C)C[C@H]2Oc3ncc(C#CCN(C)C)cc3C(=O)N([C@H](C)CO)C[C@H]2C)cc1. The number of fused-ring (bicyclic) bond motifs is 1. The van der Waals surface area contributed by atoms with Crippen molar-refractivity contribution in [1.82, 2.24) is 19.7 Å². The van der Waals surface area contributed by atoms with Gasteiger partial charge in [0.05, 0.1) is 32.8 Å². The van der Waals surface area contributed by atoms with Gasteiger partial charge in [-0.2, -0.15) is 0 Å². The quantitative estimate of drug-likeness (QED) is 0.537. The maximum absolute atomic E-state index is 13.5. The number of hydrogen-bond donors (Lipinski definition) is 2. The fourth-order valence-electron chi connectivity index (χ4n) is 3.93. The Balaban J connectivity index is 1.84. The first kappa shape index (κ1) is 28.8. The summed E-state index contributed by atoms with van der Waals surface area (Å²) in [7, 11) is 7.12. The molecule has 0 saturated heterocycles. The number of ether oxygens (including phenoxy) is 2. The Morgan fingerprint density at radius 2 is 2.03 bits per heavy atom. The second-order valence-corrected chi connectivity index (χ2v) is 9.78. The van der Waals surface area contributed by atoms with Crippen LogP contribution in [0.5, 0.6) is 11.6 Å². The summed E-state index contributed by atoms with van der Waals surface area (Å²) >= 11 is 0. The van der Waals surface area contributed by atoms with E-state index in [0.717, 1.165) is 0 Å². The number of pyridine rings is 1. The van der Waals surface area contributed by atoms with Crippen LogP contribution >= 0.6 is 0 Å². The first-order chi connectivity index (χ1) is 18.1. The van der Waals surface area contributed by atoms with Gasteiger partial charge in [0.25, 0.3) is 5.91 Å². The van der Waals surface area contributed by atoms with Crippen LogP contribution in [0.15, 0.2) is 36.5 Å². The van der Waals surface area contributed by atoms with E-state index in [4.69, 9.17) is 9.47 Å². The average Bonchev–Trinajstić information content (AvgIpc) is 2.90. The summed E-state index contributed by atoms with van der Waals surface area (Å²) in [5, 5.41) is 12.7. The molecule has 3 rings (SSSR count). The third-order valence-corrected chi connectivity index (χ3v) is 6.29. The highest BCUT2D eigenvalue weighted by molar-refractivity contribution is 5.97. The molecule has 204 valence electrons. The maximum atomic E-state index is 13.5. The highest BCUT2D eigenvalue weighted by Crippen LogP contribution is 2.27. The van der Waals surface area contributed by atoms with E-state index in [0.29, 0.717) is 30.1 Å². The highest BCUT2D eigenvalue weighted by Gasteiger charge is 2.34. The number of carbonyl (C=O) groups is 2. The minimum atomic E-state index is -0.458. The Hall–Kier alpha value is -3.81. The molecule has 2 N–H and O–H groups in total. The van der Waals surface area contributed by atoms with Gasteiger partial charge in [-0.05, 0) is 51.4 Å². The topological polar surface area (TPSA) is 107 Å². The standard InChI is InChI=1S/C28H37N5O5/c1-19-16-33(20(2)18-34)27(35)24-14-21(8-7-13-31(3)4)15-29-26(24)38-25(19)17-32(5)28(36)30-22-9-11-23(37-6)12-10-22/h9-12,14-15,19-20,25,34H,13,16-18H2,1-6H3,(H,30,36)/t19-,20-,25-/m1/s1. The van der Waals surface area contributed by atoms with Crippen LogP contribution in [0.2, 0.25) is 0 Å². The van der Waals surface area contributed by atoms with Gasteiger partial charge in [0.15, 0.2) is 0 Å². The van der Waals surface area contributed by atoms with Crippen molar-refractivity contribution >= 4 is 17.6 Å². The van der Waals surface area contributed by atoms with Crippen LogP contribution in [0.3, 0.4) is 0 Å². The third kappa shape index (κ3) is 7.37. The Morgan fingerprint density at radius 3 is 2.66 bits per heavy atom. The van der Waals surface area contributed by atoms with Crippen molar-refractivity contribution in [3.05, 3.63) is 47.7 Å². The molecule has 0 bridgehead atoms. The van der Waals surface area contributed by atoms with E-state index in [9.17, 15) is 14.7 Å². The van der Waals surface area contributed by atoms with Crippen LogP contribution < -0.4 is 14.8 Å². The lowest BCUT2D eigenvalue weighted by Crippen LogP contribution is -2.50. The lowest BCUT2D eigenvalue weighted by Gasteiger charge is -2.37. The Labute approximate surface area is 224 Å². The van der Waals surface area contributed by atoms with Crippen molar-refractivity contribution in [2.75, 3.05) is 59.8 Å². The molecule has 1 aromatic heterocycles. The van der Waals surface area contributed by atoms with Crippen LogP contribution in [0, 0.1) is 17.8 Å². The van der Waals surface area contributed by atoms with Crippen molar-refractivity contribution in [2.45, 2.75) is 26.0 Å². The summed E-state index contributed by atoms with van der Waals surface area (Å²) in [5.74, 6) is 6.54. The van der Waals surface area contributed by atoms with Gasteiger partial charge in [-0.3, -0.25) is 9.69 Å². The highest BCUT2D eigenvalue weighted by atomic mass is 16.5. The number of carbonyl (C=O) groups excluding carboxylic acids is 2. The Bertz CT molecular complexity index is 1170. The van der Waals surface area contributed by atoms with Crippen molar-refractivity contribution in [3.63, 3.8) is 0 Å². The predicted octanol–water partition coefficient (Wildman–Crippen LogP) is 2.39. The second kappa shape index (κ2) is 13.1. The zero-order valence-electron chi connectivity index (χ0n) is 22.9. The smallest absolute Gasteiger partial charge is 0.321 e. The molecule has 2 aromatic rings. The number of amides is 3. The maximum Gasteiger partial charge on any atom is 0.321 e. The molecule has 1 aliphatic rings. The number of nitrogens with one attached hydrogen (secondary N) is 1. The van der Waals surface area contributed by atoms with E-state index < -0.39 is 12.1 Å². The van der Waals surface area contributed by atoms with Crippen LogP contribution in [-0.2, 0) is 0 Å². The molecule has 0 spiro atoms. The number of anilines is 1. The number of aromatic nitrogens is 1. The minimum absolute atomic E-state index is 0.154. The summed E-state index contributed by atoms with van der Waals surface area (Å²) < 4.78 is 11.4. The monoisotopic (exact) mass is 523 g/mol. The molecule has 0 unspecified atom stereocenters. The molecule has 3 atom stereocenters. The Morgan fingerprint density at radius 1 is 1.32 bits per heavy atom. The van der Waals surface area contributed by atoms with Crippen LogP contribution in [-0.4, -0.2) is 103 Å². The molecule has 0 saturated carbocycles. The van der Waals surface area contributed by atoms with Crippen molar-refractivity contribution in [1.29, 1.82) is 0 Å². The number of aliphatic hydroxyl groups excluding tert-OH is 1. The van der Waals surface area contributed by atoms with E-state index in [2.05, 4.69) is 22.1 Å². The van der Waals surface area contributed by atoms with Crippen LogP contribution in [0.4, 0.5) is 10.5 Å². The van der Waals surface area contributed by atoms with Gasteiger partial charge < -0.3 is 29.7 Å². The number of nitrogens with zero attached hydrogens (tertiary/aromatic N) is 4. The molecular formula is C28H37N5O5. The van der Waals surface area contributed by atoms with Crippen molar-refractivity contribution in [2.24, 2.45) is 5.92 Å². The van der Waals surface area contributed by atoms with E-state index >= 15 is 0 Å². The molecule has 0 fully saturated rings. The van der Waals surface area contributed by atoms with Gasteiger partial charge in [-0.15, -0.1) is 0 Å². The van der Waals surface area contributed by atoms with Gasteiger partial charge in [0, 0.05) is 37.0 Å². The number of likely N-dealkylation sites (N-methyl/N-ethyl adjacent to an activating group) is 1. The number of aliphatic hydroxyl groups is 1. The lowest BCUT2D eigenvalue weighted by atomic mass is 10.00. The lowest BCUT2D eigenvalue weighted by molar-refractivity contribution is 0.0356. The molecule has 0 radical (unpaired) electrons. The Kier molecular flexibility index (Phi) is 9.93. The van der Waals surface area contributed by atoms with E-state index in [1.807, 2.05) is 25.9 Å². The van der Waals surface area contributed by atoms with E-state index in [1.54, 1.807) is 62.5 Å². The second-order valence-electron chi connectivity index (χ2n) is 9.78. The van der Waals surface area contributed by atoms with E-state index in [1.165, 1.54) is 4.90 Å². The third-order valence-electron chi connectivity index (χ3n) is 6.29. The molecule has 10 nitrogen and oxygen atoms in total. The van der Waals surface area contributed by atoms with Crippen molar-refractivity contribution < 1.29 is 24.2 Å². The molecule has 1 aliphatic heterocycles. The molecule has 10 heteroatoms. The van der Waals surface area contributed by atoms with Gasteiger partial charge in [-0.1, -0.05) is 18.8 Å². The number of hydrogen-bond acceptors (Lipinski definition) is 7. The van der Waals surface area contributed by atoms with E-state index in [-0.39, 0.29) is 42.5 Å². The van der Waals surface area contributed by atoms with Gasteiger partial charge in [-0.25, -0.2) is 9.78 Å². The van der Waals surface area contributed by atoms with Crippen molar-refractivity contribution in [3.8, 4) is 23.5 Å². The number of urea groups is 1. The fraction of sp³-hybridized carbons (Fsp3) is 0.464. The number of rotatable bonds is 7. The first-order valence-electron chi connectivity index (χ1n) is 12.5. The first-order valence-corrected chi connectivity index (χ1v) is 12.5. The largest absolute Gasteiger partial charge is 0.497 e. The fourth-order valence-corrected chi connectivity index (χ4v) is 3.93. The molecule has 2 heterocycles. The van der Waals surface area contributed by atoms with Gasteiger partial charge >= 0.3 is 6.03 Å². The zero-order chi connectivity index (χ0) is 27.8. The minimum Gasteiger partial charge on any atom is -0.497 e. The molecular weight excluding hydrogens is 486 g/mol. The number of benzene rings is 1. The summed E-state index contributed by atoms with van der Waals surface area (Å²) in [5.41, 5.74) is 1.52. The summed E-state index contributed by atoms with van der Waals surface area (Å²) in [6.45, 7) is 4.74. The van der Waals surface area contributed by atoms with Gasteiger partial charge in [0.1, 0.15) is 17.4 Å². The molecule has 1 aromatic carbocycles. The molecule has 38 heavy (non-hydrogen) atoms. The number of methoxy groups -OCH3 is 1.